The van der Waals surface area contributed by atoms with Gasteiger partial charge in [-0.1, -0.05) is 30.3 Å². The van der Waals surface area contributed by atoms with Crippen molar-refractivity contribution >= 4 is 17.7 Å². The number of benzene rings is 1. The number of rotatable bonds is 9. The van der Waals surface area contributed by atoms with Gasteiger partial charge in [0.1, 0.15) is 5.75 Å². The highest BCUT2D eigenvalue weighted by molar-refractivity contribution is 6.10. The van der Waals surface area contributed by atoms with Gasteiger partial charge >= 0.3 is 0 Å². The molecule has 164 valence electrons. The van der Waals surface area contributed by atoms with Crippen molar-refractivity contribution in [3.8, 4) is 5.75 Å². The molecule has 1 aliphatic rings. The van der Waals surface area contributed by atoms with Crippen LogP contribution >= 0.6 is 0 Å². The van der Waals surface area contributed by atoms with Crippen LogP contribution in [-0.4, -0.2) is 58.7 Å². The Hall–Kier alpha value is -3.22. The largest absolute Gasteiger partial charge is 0.492 e. The van der Waals surface area contributed by atoms with Crippen molar-refractivity contribution < 1.29 is 19.1 Å². The Labute approximate surface area is 183 Å². The topological polar surface area (TPSA) is 79.8 Å². The van der Waals surface area contributed by atoms with Crippen molar-refractivity contribution in [2.24, 2.45) is 0 Å². The first-order valence-electron chi connectivity index (χ1n) is 10.5. The van der Waals surface area contributed by atoms with Crippen LogP contribution in [0.15, 0.2) is 54.9 Å². The third-order valence-electron chi connectivity index (χ3n) is 5.79. The zero-order valence-corrected chi connectivity index (χ0v) is 18.3. The van der Waals surface area contributed by atoms with Crippen LogP contribution in [0.1, 0.15) is 38.7 Å². The fraction of sp³-hybridized carbons (Fsp3) is 0.417. The minimum absolute atomic E-state index is 0.00299. The van der Waals surface area contributed by atoms with Gasteiger partial charge in [0.15, 0.2) is 0 Å². The van der Waals surface area contributed by atoms with Gasteiger partial charge in [-0.25, -0.2) is 0 Å². The molecule has 1 unspecified atom stereocenters. The molecule has 1 atom stereocenters. The number of aromatic nitrogens is 1. The van der Waals surface area contributed by atoms with E-state index in [1.165, 1.54) is 4.90 Å². The van der Waals surface area contributed by atoms with E-state index in [1.54, 1.807) is 36.5 Å². The van der Waals surface area contributed by atoms with Crippen LogP contribution in [0.25, 0.3) is 0 Å². The fourth-order valence-corrected chi connectivity index (χ4v) is 3.77. The Kier molecular flexibility index (Phi) is 7.05. The van der Waals surface area contributed by atoms with Gasteiger partial charge in [0, 0.05) is 38.7 Å². The van der Waals surface area contributed by atoms with E-state index >= 15 is 0 Å². The molecular weight excluding hydrogens is 394 g/mol. The molecule has 0 aliphatic carbocycles. The summed E-state index contributed by atoms with van der Waals surface area (Å²) in [6.07, 6.45) is 3.74. The number of imide groups is 1. The summed E-state index contributed by atoms with van der Waals surface area (Å²) in [6, 6.07) is 12.7. The normalized spacial score (nSPS) is 18.5. The van der Waals surface area contributed by atoms with Crippen LogP contribution in [0.4, 0.5) is 0 Å². The van der Waals surface area contributed by atoms with Gasteiger partial charge < -0.3 is 9.64 Å². The predicted molar refractivity (Wildman–Crippen MR) is 116 cm³/mol. The molecule has 1 aromatic heterocycles. The summed E-state index contributed by atoms with van der Waals surface area (Å²) in [5.74, 6) is -0.0740. The summed E-state index contributed by atoms with van der Waals surface area (Å²) >= 11 is 0. The quantitative estimate of drug-likeness (QED) is 0.458. The maximum atomic E-state index is 13.5. The van der Waals surface area contributed by atoms with Crippen LogP contribution in [0.3, 0.4) is 0 Å². The smallest absolute Gasteiger partial charge is 0.240 e. The lowest BCUT2D eigenvalue weighted by Crippen LogP contribution is -2.44. The van der Waals surface area contributed by atoms with Crippen molar-refractivity contribution in [2.75, 3.05) is 20.2 Å². The molecule has 1 fully saturated rings. The van der Waals surface area contributed by atoms with Gasteiger partial charge in [-0.3, -0.25) is 24.3 Å². The van der Waals surface area contributed by atoms with E-state index in [1.807, 2.05) is 44.2 Å². The maximum absolute atomic E-state index is 13.5. The number of carbonyl (C=O) groups excluding carboxylic acids is 3. The third kappa shape index (κ3) is 4.93. The zero-order valence-electron chi connectivity index (χ0n) is 18.3. The van der Waals surface area contributed by atoms with E-state index in [9.17, 15) is 14.4 Å². The second-order valence-corrected chi connectivity index (χ2v) is 8.14. The zero-order chi connectivity index (χ0) is 22.4. The molecule has 2 heterocycles. The monoisotopic (exact) mass is 423 g/mol. The molecular formula is C24H29N3O4. The number of hydrogen-bond acceptors (Lipinski definition) is 5. The van der Waals surface area contributed by atoms with Crippen LogP contribution in [0.2, 0.25) is 0 Å². The first-order chi connectivity index (χ1) is 14.8. The minimum atomic E-state index is -1.16. The molecule has 3 amide bonds. The maximum Gasteiger partial charge on any atom is 0.240 e. The molecule has 7 nitrogen and oxygen atoms in total. The summed E-state index contributed by atoms with van der Waals surface area (Å²) in [5.41, 5.74) is -0.462. The Balaban J connectivity index is 1.75. The molecule has 1 saturated heterocycles. The van der Waals surface area contributed by atoms with Crippen LogP contribution in [0.5, 0.6) is 5.75 Å². The average molecular weight is 424 g/mol. The van der Waals surface area contributed by atoms with Crippen molar-refractivity contribution in [2.45, 2.75) is 44.6 Å². The number of nitrogens with zero attached hydrogens (tertiary/aromatic N) is 3. The molecule has 1 aromatic carbocycles. The first-order valence-corrected chi connectivity index (χ1v) is 10.5. The molecule has 7 heteroatoms. The van der Waals surface area contributed by atoms with Gasteiger partial charge in [0.05, 0.1) is 18.2 Å². The lowest BCUT2D eigenvalue weighted by Gasteiger charge is -2.30. The highest BCUT2D eigenvalue weighted by atomic mass is 16.5. The Morgan fingerprint density at radius 3 is 2.58 bits per heavy atom. The Morgan fingerprint density at radius 2 is 1.94 bits per heavy atom. The van der Waals surface area contributed by atoms with Gasteiger partial charge in [-0.15, -0.1) is 0 Å². The second-order valence-electron chi connectivity index (χ2n) is 8.14. The number of ether oxygens (including phenoxy) is 1. The molecule has 31 heavy (non-hydrogen) atoms. The summed E-state index contributed by atoms with van der Waals surface area (Å²) in [4.78, 5) is 46.2. The van der Waals surface area contributed by atoms with Crippen molar-refractivity contribution in [1.29, 1.82) is 0 Å². The van der Waals surface area contributed by atoms with E-state index < -0.39 is 5.41 Å². The molecule has 0 radical (unpaired) electrons. The summed E-state index contributed by atoms with van der Waals surface area (Å²) in [6.45, 7) is 4.45. The summed E-state index contributed by atoms with van der Waals surface area (Å²) < 4.78 is 5.62. The van der Waals surface area contributed by atoms with E-state index in [-0.39, 0.29) is 43.1 Å². The van der Waals surface area contributed by atoms with E-state index in [4.69, 9.17) is 4.74 Å². The van der Waals surface area contributed by atoms with Crippen LogP contribution < -0.4 is 4.74 Å². The van der Waals surface area contributed by atoms with E-state index in [0.29, 0.717) is 24.3 Å². The van der Waals surface area contributed by atoms with Crippen LogP contribution in [0, 0.1) is 0 Å². The lowest BCUT2D eigenvalue weighted by molar-refractivity contribution is -0.142. The molecule has 0 bridgehead atoms. The van der Waals surface area contributed by atoms with Gasteiger partial charge in [0.25, 0.3) is 0 Å². The van der Waals surface area contributed by atoms with Crippen molar-refractivity contribution in [1.82, 2.24) is 14.8 Å². The van der Waals surface area contributed by atoms with E-state index in [0.717, 1.165) is 0 Å². The van der Waals surface area contributed by atoms with E-state index in [2.05, 4.69) is 4.98 Å². The first kappa shape index (κ1) is 22.5. The van der Waals surface area contributed by atoms with Gasteiger partial charge in [0.2, 0.25) is 17.7 Å². The molecule has 3 rings (SSSR count). The Bertz CT molecular complexity index is 917. The molecule has 0 spiro atoms. The molecule has 1 aliphatic heterocycles. The minimum Gasteiger partial charge on any atom is -0.492 e. The number of likely N-dealkylation sites (tertiary alicyclic amines) is 1. The van der Waals surface area contributed by atoms with Crippen molar-refractivity contribution in [3.63, 3.8) is 0 Å². The van der Waals surface area contributed by atoms with Crippen LogP contribution in [-0.2, 0) is 19.8 Å². The second kappa shape index (κ2) is 9.73. The highest BCUT2D eigenvalue weighted by Crippen LogP contribution is 2.40. The van der Waals surface area contributed by atoms with Crippen molar-refractivity contribution in [3.05, 3.63) is 60.4 Å². The standard InChI is InChI=1S/C24H29N3O4/c1-18(2)26(3)21(28)15-24(19-9-5-4-6-10-19)16-22(29)27(23(24)30)13-8-14-31-20-11-7-12-25-17-20/h4-7,9-12,17-18H,8,13-16H2,1-3H3. The fourth-order valence-electron chi connectivity index (χ4n) is 3.77. The predicted octanol–water partition coefficient (Wildman–Crippen LogP) is 2.80. The lowest BCUT2D eigenvalue weighted by atomic mass is 9.75. The number of hydrogen-bond donors (Lipinski definition) is 0. The Morgan fingerprint density at radius 1 is 1.19 bits per heavy atom. The van der Waals surface area contributed by atoms with Gasteiger partial charge in [-0.05, 0) is 38.0 Å². The number of carbonyl (C=O) groups is 3. The number of amides is 3. The number of pyridine rings is 1. The third-order valence-corrected chi connectivity index (χ3v) is 5.79. The van der Waals surface area contributed by atoms with Gasteiger partial charge in [-0.2, -0.15) is 0 Å². The summed E-state index contributed by atoms with van der Waals surface area (Å²) in [5, 5.41) is 0. The molecule has 2 aromatic rings. The molecule has 0 saturated carbocycles. The average Bonchev–Trinajstić information content (AvgIpc) is 3.02. The SMILES string of the molecule is CC(C)N(C)C(=O)CC1(c2ccccc2)CC(=O)N(CCCOc2cccnc2)C1=O. The summed E-state index contributed by atoms with van der Waals surface area (Å²) in [7, 11) is 1.72. The molecule has 0 N–H and O–H groups in total. The highest BCUT2D eigenvalue weighted by Gasteiger charge is 2.53.